The third-order valence-electron chi connectivity index (χ3n) is 4.81. The molecule has 0 unspecified atom stereocenters. The lowest BCUT2D eigenvalue weighted by molar-refractivity contribution is 0.102. The van der Waals surface area contributed by atoms with Crippen molar-refractivity contribution in [3.05, 3.63) is 89.2 Å². The number of carbonyl (C=O) groups excluding carboxylic acids is 1. The molecule has 0 saturated heterocycles. The van der Waals surface area contributed by atoms with Gasteiger partial charge in [0, 0.05) is 23.0 Å². The van der Waals surface area contributed by atoms with Gasteiger partial charge in [0.05, 0.1) is 5.69 Å². The van der Waals surface area contributed by atoms with Crippen molar-refractivity contribution < 1.29 is 9.53 Å². The predicted molar refractivity (Wildman–Crippen MR) is 119 cm³/mol. The monoisotopic (exact) mass is 413 g/mol. The topological polar surface area (TPSA) is 81.9 Å². The van der Waals surface area contributed by atoms with Crippen LogP contribution in [0, 0.1) is 13.8 Å². The molecule has 0 radical (unpaired) electrons. The molecular weight excluding hydrogens is 390 g/mol. The average Bonchev–Trinajstić information content (AvgIpc) is 3.13. The molecule has 1 N–H and O–H groups in total. The van der Waals surface area contributed by atoms with Gasteiger partial charge in [0.2, 0.25) is 5.88 Å². The van der Waals surface area contributed by atoms with Crippen LogP contribution in [0.25, 0.3) is 5.82 Å². The molecule has 0 spiro atoms. The number of benzene rings is 2. The van der Waals surface area contributed by atoms with E-state index in [0.29, 0.717) is 28.7 Å². The zero-order valence-electron chi connectivity index (χ0n) is 17.7. The number of ether oxygens (including phenoxy) is 1. The van der Waals surface area contributed by atoms with Gasteiger partial charge in [0.15, 0.2) is 5.82 Å². The van der Waals surface area contributed by atoms with Gasteiger partial charge in [-0.05, 0) is 74.4 Å². The first kappa shape index (κ1) is 20.3. The van der Waals surface area contributed by atoms with Crippen LogP contribution in [0.5, 0.6) is 11.6 Å². The Morgan fingerprint density at radius 1 is 0.968 bits per heavy atom. The number of nitrogens with zero attached hydrogens (tertiary/aromatic N) is 4. The smallest absolute Gasteiger partial charge is 0.255 e. The zero-order valence-corrected chi connectivity index (χ0v) is 17.7. The van der Waals surface area contributed by atoms with Crippen LogP contribution >= 0.6 is 0 Å². The van der Waals surface area contributed by atoms with Crippen LogP contribution in [-0.2, 0) is 6.42 Å². The molecule has 2 aromatic carbocycles. The highest BCUT2D eigenvalue weighted by Gasteiger charge is 2.08. The van der Waals surface area contributed by atoms with Gasteiger partial charge in [-0.3, -0.25) is 4.79 Å². The van der Waals surface area contributed by atoms with E-state index in [2.05, 4.69) is 27.5 Å². The van der Waals surface area contributed by atoms with Gasteiger partial charge < -0.3 is 10.1 Å². The van der Waals surface area contributed by atoms with Crippen molar-refractivity contribution in [3.63, 3.8) is 0 Å². The molecule has 7 heteroatoms. The molecule has 156 valence electrons. The number of hydrogen-bond donors (Lipinski definition) is 1. The van der Waals surface area contributed by atoms with Crippen molar-refractivity contribution in [1.29, 1.82) is 0 Å². The van der Waals surface area contributed by atoms with E-state index in [9.17, 15) is 4.79 Å². The fraction of sp³-hybridized carbons (Fsp3) is 0.167. The molecule has 0 saturated carbocycles. The summed E-state index contributed by atoms with van der Waals surface area (Å²) in [4.78, 5) is 12.4. The Kier molecular flexibility index (Phi) is 5.75. The Balaban J connectivity index is 1.39. The van der Waals surface area contributed by atoms with Gasteiger partial charge in [-0.2, -0.15) is 5.10 Å². The van der Waals surface area contributed by atoms with Gasteiger partial charge in [-0.25, -0.2) is 4.68 Å². The molecule has 0 aliphatic heterocycles. The molecule has 4 aromatic rings. The number of amides is 1. The summed E-state index contributed by atoms with van der Waals surface area (Å²) in [5.41, 5.74) is 4.41. The van der Waals surface area contributed by atoms with Crippen molar-refractivity contribution in [2.75, 3.05) is 5.32 Å². The largest absolute Gasteiger partial charge is 0.438 e. The van der Waals surface area contributed by atoms with Gasteiger partial charge in [0.25, 0.3) is 5.91 Å². The molecule has 4 rings (SSSR count). The molecule has 2 heterocycles. The standard InChI is InChI=1S/C24H23N5O2/c1-4-18-5-7-19(8-6-18)24(30)25-20-9-11-21(12-10-20)31-23-14-13-22(26-27-23)29-17(3)15-16(2)28-29/h5-15H,4H2,1-3H3,(H,25,30). The summed E-state index contributed by atoms with van der Waals surface area (Å²) in [5.74, 6) is 1.45. The minimum absolute atomic E-state index is 0.151. The highest BCUT2D eigenvalue weighted by atomic mass is 16.5. The van der Waals surface area contributed by atoms with Crippen molar-refractivity contribution in [2.45, 2.75) is 27.2 Å². The Morgan fingerprint density at radius 2 is 1.71 bits per heavy atom. The molecule has 0 fully saturated rings. The second-order valence-electron chi connectivity index (χ2n) is 7.20. The van der Waals surface area contributed by atoms with Crippen LogP contribution < -0.4 is 10.1 Å². The molecule has 7 nitrogen and oxygen atoms in total. The van der Waals surface area contributed by atoms with Crippen LogP contribution in [-0.4, -0.2) is 25.9 Å². The normalized spacial score (nSPS) is 10.7. The van der Waals surface area contributed by atoms with Crippen LogP contribution in [0.15, 0.2) is 66.7 Å². The number of carbonyl (C=O) groups is 1. The first-order valence-electron chi connectivity index (χ1n) is 10.1. The van der Waals surface area contributed by atoms with Crippen molar-refractivity contribution in [3.8, 4) is 17.4 Å². The van der Waals surface area contributed by atoms with Crippen molar-refractivity contribution in [2.24, 2.45) is 0 Å². The first-order valence-corrected chi connectivity index (χ1v) is 10.1. The Hall–Kier alpha value is -4.00. The molecule has 2 aromatic heterocycles. The minimum atomic E-state index is -0.151. The number of nitrogens with one attached hydrogen (secondary N) is 1. The predicted octanol–water partition coefficient (Wildman–Crippen LogP) is 4.89. The van der Waals surface area contributed by atoms with Gasteiger partial charge >= 0.3 is 0 Å². The highest BCUT2D eigenvalue weighted by molar-refractivity contribution is 6.04. The number of aromatic nitrogens is 4. The maximum atomic E-state index is 12.4. The van der Waals surface area contributed by atoms with E-state index in [4.69, 9.17) is 4.74 Å². The van der Waals surface area contributed by atoms with E-state index < -0.39 is 0 Å². The summed E-state index contributed by atoms with van der Waals surface area (Å²) in [6.45, 7) is 5.98. The van der Waals surface area contributed by atoms with E-state index in [0.717, 1.165) is 17.8 Å². The Bertz CT molecular complexity index is 1180. The maximum absolute atomic E-state index is 12.4. The van der Waals surface area contributed by atoms with E-state index in [-0.39, 0.29) is 5.91 Å². The van der Waals surface area contributed by atoms with Crippen molar-refractivity contribution in [1.82, 2.24) is 20.0 Å². The summed E-state index contributed by atoms with van der Waals surface area (Å²) in [6, 6.07) is 20.2. The Labute approximate surface area is 180 Å². The molecule has 0 atom stereocenters. The van der Waals surface area contributed by atoms with E-state index in [1.807, 2.05) is 44.2 Å². The van der Waals surface area contributed by atoms with Crippen LogP contribution in [0.3, 0.4) is 0 Å². The van der Waals surface area contributed by atoms with Crippen LogP contribution in [0.4, 0.5) is 5.69 Å². The fourth-order valence-electron chi connectivity index (χ4n) is 3.16. The number of aryl methyl sites for hydroxylation is 3. The summed E-state index contributed by atoms with van der Waals surface area (Å²) < 4.78 is 7.49. The van der Waals surface area contributed by atoms with E-state index in [1.54, 1.807) is 41.1 Å². The molecular formula is C24H23N5O2. The first-order chi connectivity index (χ1) is 15.0. The van der Waals surface area contributed by atoms with Crippen molar-refractivity contribution >= 4 is 11.6 Å². The third kappa shape index (κ3) is 4.78. The average molecular weight is 413 g/mol. The number of anilines is 1. The molecule has 0 aliphatic carbocycles. The fourth-order valence-corrected chi connectivity index (χ4v) is 3.16. The van der Waals surface area contributed by atoms with E-state index >= 15 is 0 Å². The van der Waals surface area contributed by atoms with E-state index in [1.165, 1.54) is 5.56 Å². The lowest BCUT2D eigenvalue weighted by atomic mass is 10.1. The number of hydrogen-bond acceptors (Lipinski definition) is 5. The third-order valence-corrected chi connectivity index (χ3v) is 4.81. The van der Waals surface area contributed by atoms with Crippen LogP contribution in [0.1, 0.15) is 34.2 Å². The minimum Gasteiger partial charge on any atom is -0.438 e. The molecule has 1 amide bonds. The second kappa shape index (κ2) is 8.79. The maximum Gasteiger partial charge on any atom is 0.255 e. The van der Waals surface area contributed by atoms with Gasteiger partial charge in [0.1, 0.15) is 5.75 Å². The highest BCUT2D eigenvalue weighted by Crippen LogP contribution is 2.22. The lowest BCUT2D eigenvalue weighted by Crippen LogP contribution is -2.11. The molecule has 0 bridgehead atoms. The SMILES string of the molecule is CCc1ccc(C(=O)Nc2ccc(Oc3ccc(-n4nc(C)cc4C)nn3)cc2)cc1. The number of rotatable bonds is 6. The Morgan fingerprint density at radius 3 is 2.29 bits per heavy atom. The lowest BCUT2D eigenvalue weighted by Gasteiger charge is -2.08. The quantitative estimate of drug-likeness (QED) is 0.487. The molecule has 0 aliphatic rings. The van der Waals surface area contributed by atoms with Gasteiger partial charge in [-0.15, -0.1) is 10.2 Å². The zero-order chi connectivity index (χ0) is 21.8. The summed E-state index contributed by atoms with van der Waals surface area (Å²) in [6.07, 6.45) is 0.943. The second-order valence-corrected chi connectivity index (χ2v) is 7.20. The van der Waals surface area contributed by atoms with Gasteiger partial charge in [-0.1, -0.05) is 19.1 Å². The molecule has 31 heavy (non-hydrogen) atoms. The summed E-state index contributed by atoms with van der Waals surface area (Å²) in [7, 11) is 0. The van der Waals surface area contributed by atoms with Crippen LogP contribution in [0.2, 0.25) is 0 Å². The summed E-state index contributed by atoms with van der Waals surface area (Å²) in [5, 5.41) is 15.6. The summed E-state index contributed by atoms with van der Waals surface area (Å²) >= 11 is 0.